The van der Waals surface area contributed by atoms with Crippen LogP contribution in [0.2, 0.25) is 0 Å². The summed E-state index contributed by atoms with van der Waals surface area (Å²) in [6, 6.07) is 0. The molecule has 3 nitrogen and oxygen atoms in total. The first kappa shape index (κ1) is 13.5. The van der Waals surface area contributed by atoms with Crippen molar-refractivity contribution in [3.05, 3.63) is 0 Å². The maximum Gasteiger partial charge on any atom is 0.112 e. The summed E-state index contributed by atoms with van der Waals surface area (Å²) in [6.45, 7) is 6.01. The van der Waals surface area contributed by atoms with Crippen molar-refractivity contribution >= 4 is 0 Å². The Morgan fingerprint density at radius 1 is 1.44 bits per heavy atom. The number of aliphatic hydroxyl groups is 1. The second-order valence-electron chi connectivity index (χ2n) is 4.55. The van der Waals surface area contributed by atoms with Gasteiger partial charge in [0.05, 0.1) is 18.3 Å². The molecule has 1 rings (SSSR count). The third kappa shape index (κ3) is 2.76. The summed E-state index contributed by atoms with van der Waals surface area (Å²) in [7, 11) is 1.71. The van der Waals surface area contributed by atoms with Crippen LogP contribution in [-0.4, -0.2) is 36.6 Å². The number of rotatable bonds is 6. The zero-order chi connectivity index (χ0) is 12.3. The number of ether oxygens (including phenoxy) is 2. The molecule has 0 radical (unpaired) electrons. The van der Waals surface area contributed by atoms with Gasteiger partial charge in [0.15, 0.2) is 0 Å². The second kappa shape index (κ2) is 5.67. The molecule has 0 saturated carbocycles. The van der Waals surface area contributed by atoms with Crippen molar-refractivity contribution in [3.63, 3.8) is 0 Å². The van der Waals surface area contributed by atoms with Crippen LogP contribution in [0.25, 0.3) is 0 Å². The minimum absolute atomic E-state index is 0.0794. The number of epoxide rings is 1. The van der Waals surface area contributed by atoms with Crippen molar-refractivity contribution in [2.24, 2.45) is 11.8 Å². The fourth-order valence-electron chi connectivity index (χ4n) is 2.18. The Labute approximate surface area is 98.1 Å². The second-order valence-corrected chi connectivity index (χ2v) is 4.55. The average Bonchev–Trinajstić information content (AvgIpc) is 3.08. The standard InChI is InChI=1S/C13H22O3/c1-6-8(3)11(14)13-12(16-13)9(4)10(7-2)15-5/h1,8-14H,7H2,2-5H3/t8-,9+,10-,11-,12+,13+/m1/s1. The quantitative estimate of drug-likeness (QED) is 0.550. The highest BCUT2D eigenvalue weighted by molar-refractivity contribution is 5.04. The first-order valence-corrected chi connectivity index (χ1v) is 5.89. The highest BCUT2D eigenvalue weighted by Gasteiger charge is 2.50. The van der Waals surface area contributed by atoms with Crippen LogP contribution < -0.4 is 0 Å². The van der Waals surface area contributed by atoms with Gasteiger partial charge in [-0.15, -0.1) is 12.3 Å². The van der Waals surface area contributed by atoms with Crippen LogP contribution in [0.5, 0.6) is 0 Å². The zero-order valence-electron chi connectivity index (χ0n) is 10.5. The molecule has 3 heteroatoms. The van der Waals surface area contributed by atoms with Crippen LogP contribution in [-0.2, 0) is 9.47 Å². The molecule has 6 atom stereocenters. The fraction of sp³-hybridized carbons (Fsp3) is 0.846. The van der Waals surface area contributed by atoms with Crippen molar-refractivity contribution in [2.75, 3.05) is 7.11 Å². The molecule has 0 unspecified atom stereocenters. The molecular weight excluding hydrogens is 204 g/mol. The maximum atomic E-state index is 9.90. The zero-order valence-corrected chi connectivity index (χ0v) is 10.5. The maximum absolute atomic E-state index is 9.90. The first-order chi connectivity index (χ1) is 7.56. The van der Waals surface area contributed by atoms with Gasteiger partial charge in [-0.25, -0.2) is 0 Å². The van der Waals surface area contributed by atoms with Gasteiger partial charge >= 0.3 is 0 Å². The van der Waals surface area contributed by atoms with E-state index in [0.717, 1.165) is 6.42 Å². The van der Waals surface area contributed by atoms with Crippen LogP contribution >= 0.6 is 0 Å². The lowest BCUT2D eigenvalue weighted by Crippen LogP contribution is -2.30. The van der Waals surface area contributed by atoms with Crippen molar-refractivity contribution in [1.82, 2.24) is 0 Å². The van der Waals surface area contributed by atoms with Gasteiger partial charge in [-0.1, -0.05) is 13.8 Å². The van der Waals surface area contributed by atoms with Crippen LogP contribution in [0.1, 0.15) is 27.2 Å². The molecule has 1 N–H and O–H groups in total. The van der Waals surface area contributed by atoms with E-state index >= 15 is 0 Å². The van der Waals surface area contributed by atoms with Crippen molar-refractivity contribution in [2.45, 2.75) is 51.6 Å². The molecule has 0 bridgehead atoms. The summed E-state index contributed by atoms with van der Waals surface area (Å²) in [6.07, 6.45) is 5.81. The Hall–Kier alpha value is -0.560. The van der Waals surface area contributed by atoms with Gasteiger partial charge in [0.1, 0.15) is 6.10 Å². The molecule has 1 aliphatic rings. The van der Waals surface area contributed by atoms with E-state index in [0.29, 0.717) is 5.92 Å². The Bertz CT molecular complexity index is 254. The molecule has 0 aliphatic carbocycles. The number of terminal acetylenes is 1. The number of methoxy groups -OCH3 is 1. The molecule has 0 aromatic heterocycles. The minimum atomic E-state index is -0.563. The predicted octanol–water partition coefficient (Wildman–Crippen LogP) is 1.45. The first-order valence-electron chi connectivity index (χ1n) is 5.89. The third-order valence-electron chi connectivity index (χ3n) is 3.48. The highest BCUT2D eigenvalue weighted by atomic mass is 16.6. The molecule has 0 aromatic carbocycles. The van der Waals surface area contributed by atoms with Gasteiger partial charge < -0.3 is 14.6 Å². The van der Waals surface area contributed by atoms with E-state index in [1.165, 1.54) is 0 Å². The molecule has 16 heavy (non-hydrogen) atoms. The van der Waals surface area contributed by atoms with E-state index in [-0.39, 0.29) is 24.2 Å². The van der Waals surface area contributed by atoms with Crippen LogP contribution in [0, 0.1) is 24.2 Å². The van der Waals surface area contributed by atoms with Crippen molar-refractivity contribution in [3.8, 4) is 12.3 Å². The van der Waals surface area contributed by atoms with Gasteiger partial charge in [-0.3, -0.25) is 0 Å². The van der Waals surface area contributed by atoms with E-state index < -0.39 is 6.10 Å². The lowest BCUT2D eigenvalue weighted by atomic mass is 9.92. The Morgan fingerprint density at radius 2 is 2.06 bits per heavy atom. The van der Waals surface area contributed by atoms with Crippen molar-refractivity contribution < 1.29 is 14.6 Å². The van der Waals surface area contributed by atoms with Gasteiger partial charge in [0, 0.05) is 18.9 Å². The van der Waals surface area contributed by atoms with Gasteiger partial charge in [0.2, 0.25) is 0 Å². The molecular formula is C13H22O3. The van der Waals surface area contributed by atoms with E-state index in [1.807, 2.05) is 6.92 Å². The molecule has 0 aromatic rings. The molecule has 0 amide bonds. The van der Waals surface area contributed by atoms with E-state index in [4.69, 9.17) is 15.9 Å². The summed E-state index contributed by atoms with van der Waals surface area (Å²) in [5.41, 5.74) is 0. The SMILES string of the molecule is C#C[C@@H](C)[C@@H](O)[C@@H]1O[C@H]1[C@@H](C)[C@@H](CC)OC. The van der Waals surface area contributed by atoms with Gasteiger partial charge in [-0.05, 0) is 13.3 Å². The fourth-order valence-corrected chi connectivity index (χ4v) is 2.18. The average molecular weight is 226 g/mol. The van der Waals surface area contributed by atoms with Crippen LogP contribution in [0.3, 0.4) is 0 Å². The Balaban J connectivity index is 2.47. The lowest BCUT2D eigenvalue weighted by molar-refractivity contribution is 0.0445. The molecule has 1 fully saturated rings. The summed E-state index contributed by atoms with van der Waals surface area (Å²) in [5, 5.41) is 9.90. The van der Waals surface area contributed by atoms with Crippen LogP contribution in [0.4, 0.5) is 0 Å². The minimum Gasteiger partial charge on any atom is -0.389 e. The topological polar surface area (TPSA) is 42.0 Å². The monoisotopic (exact) mass is 226 g/mol. The van der Waals surface area contributed by atoms with Gasteiger partial charge in [0.25, 0.3) is 0 Å². The number of hydrogen-bond acceptors (Lipinski definition) is 3. The predicted molar refractivity (Wildman–Crippen MR) is 62.9 cm³/mol. The molecule has 1 saturated heterocycles. The van der Waals surface area contributed by atoms with E-state index in [9.17, 15) is 5.11 Å². The molecule has 0 spiro atoms. The molecule has 92 valence electrons. The number of hydrogen-bond donors (Lipinski definition) is 1. The largest absolute Gasteiger partial charge is 0.389 e. The molecule has 1 heterocycles. The summed E-state index contributed by atoms with van der Waals surface area (Å²) < 4.78 is 10.9. The summed E-state index contributed by atoms with van der Waals surface area (Å²) in [5.74, 6) is 2.67. The smallest absolute Gasteiger partial charge is 0.112 e. The van der Waals surface area contributed by atoms with E-state index in [1.54, 1.807) is 7.11 Å². The van der Waals surface area contributed by atoms with E-state index in [2.05, 4.69) is 19.8 Å². The Kier molecular flexibility index (Phi) is 4.79. The van der Waals surface area contributed by atoms with Gasteiger partial charge in [-0.2, -0.15) is 0 Å². The third-order valence-corrected chi connectivity index (χ3v) is 3.48. The summed E-state index contributed by atoms with van der Waals surface area (Å²) >= 11 is 0. The van der Waals surface area contributed by atoms with Crippen LogP contribution in [0.15, 0.2) is 0 Å². The highest BCUT2D eigenvalue weighted by Crippen LogP contribution is 2.37. The summed E-state index contributed by atoms with van der Waals surface area (Å²) in [4.78, 5) is 0. The van der Waals surface area contributed by atoms with Crippen molar-refractivity contribution in [1.29, 1.82) is 0 Å². The lowest BCUT2D eigenvalue weighted by Gasteiger charge is -2.20. The Morgan fingerprint density at radius 3 is 2.50 bits per heavy atom. The molecule has 1 aliphatic heterocycles. The number of aliphatic hydroxyl groups excluding tert-OH is 1. The normalized spacial score (nSPS) is 31.2.